The zero-order valence-corrected chi connectivity index (χ0v) is 21.6. The van der Waals surface area contributed by atoms with E-state index < -0.39 is 0 Å². The Morgan fingerprint density at radius 3 is 1.23 bits per heavy atom. The summed E-state index contributed by atoms with van der Waals surface area (Å²) in [5.41, 5.74) is 0. The Morgan fingerprint density at radius 2 is 0.903 bits per heavy atom. The SMILES string of the molecule is CCCCCCCCN(C(=O)COCC(=O)N(CCCCCCCC)C(C)C)C(C)C. The van der Waals surface area contributed by atoms with Crippen LogP contribution in [0.1, 0.15) is 119 Å². The molecule has 5 nitrogen and oxygen atoms in total. The smallest absolute Gasteiger partial charge is 0.248 e. The predicted molar refractivity (Wildman–Crippen MR) is 131 cm³/mol. The molecule has 0 bridgehead atoms. The van der Waals surface area contributed by atoms with Gasteiger partial charge in [-0.05, 0) is 40.5 Å². The number of hydrogen-bond acceptors (Lipinski definition) is 3. The number of nitrogens with zero attached hydrogens (tertiary/aromatic N) is 2. The molecule has 0 aliphatic carbocycles. The molecule has 0 saturated carbocycles. The van der Waals surface area contributed by atoms with Crippen molar-refractivity contribution in [2.75, 3.05) is 26.3 Å². The molecule has 0 aromatic heterocycles. The third kappa shape index (κ3) is 15.4. The second-order valence-electron chi connectivity index (χ2n) is 9.39. The first-order valence-corrected chi connectivity index (χ1v) is 13.0. The highest BCUT2D eigenvalue weighted by Gasteiger charge is 2.20. The fourth-order valence-corrected chi connectivity index (χ4v) is 3.86. The van der Waals surface area contributed by atoms with Crippen molar-refractivity contribution in [2.45, 2.75) is 131 Å². The van der Waals surface area contributed by atoms with Gasteiger partial charge in [0.25, 0.3) is 0 Å². The largest absolute Gasteiger partial charge is 0.362 e. The third-order valence-corrected chi connectivity index (χ3v) is 5.84. The van der Waals surface area contributed by atoms with Crippen LogP contribution < -0.4 is 0 Å². The van der Waals surface area contributed by atoms with Crippen molar-refractivity contribution in [1.82, 2.24) is 9.80 Å². The van der Waals surface area contributed by atoms with Gasteiger partial charge in [0.2, 0.25) is 11.8 Å². The van der Waals surface area contributed by atoms with E-state index in [0.717, 1.165) is 38.8 Å². The lowest BCUT2D eigenvalue weighted by Crippen LogP contribution is -2.42. The van der Waals surface area contributed by atoms with E-state index in [1.807, 2.05) is 37.5 Å². The summed E-state index contributed by atoms with van der Waals surface area (Å²) in [5, 5.41) is 0. The van der Waals surface area contributed by atoms with Gasteiger partial charge in [-0.15, -0.1) is 0 Å². The van der Waals surface area contributed by atoms with E-state index in [1.165, 1.54) is 51.4 Å². The first-order chi connectivity index (χ1) is 14.8. The van der Waals surface area contributed by atoms with Gasteiger partial charge in [-0.2, -0.15) is 0 Å². The summed E-state index contributed by atoms with van der Waals surface area (Å²) < 4.78 is 5.56. The van der Waals surface area contributed by atoms with Crippen molar-refractivity contribution >= 4 is 11.8 Å². The van der Waals surface area contributed by atoms with Crippen LogP contribution in [-0.4, -0.2) is 60.0 Å². The molecule has 0 fully saturated rings. The van der Waals surface area contributed by atoms with E-state index >= 15 is 0 Å². The number of carbonyl (C=O) groups excluding carboxylic acids is 2. The normalized spacial score (nSPS) is 11.4. The standard InChI is InChI=1S/C26H52N2O3/c1-7-9-11-13-15-17-19-27(23(3)4)25(29)21-31-22-26(30)28(24(5)6)20-18-16-14-12-10-8-2/h23-24H,7-22H2,1-6H3. The molecule has 0 aliphatic rings. The topological polar surface area (TPSA) is 49.9 Å². The summed E-state index contributed by atoms with van der Waals surface area (Å²) in [7, 11) is 0. The van der Waals surface area contributed by atoms with Gasteiger partial charge in [0.1, 0.15) is 13.2 Å². The first-order valence-electron chi connectivity index (χ1n) is 13.0. The molecular weight excluding hydrogens is 388 g/mol. The van der Waals surface area contributed by atoms with Crippen molar-refractivity contribution in [2.24, 2.45) is 0 Å². The van der Waals surface area contributed by atoms with Crippen LogP contribution in [0.25, 0.3) is 0 Å². The number of hydrogen-bond donors (Lipinski definition) is 0. The monoisotopic (exact) mass is 440 g/mol. The van der Waals surface area contributed by atoms with Gasteiger partial charge in [-0.3, -0.25) is 9.59 Å². The number of carbonyl (C=O) groups is 2. The van der Waals surface area contributed by atoms with Gasteiger partial charge in [-0.1, -0.05) is 78.1 Å². The highest BCUT2D eigenvalue weighted by molar-refractivity contribution is 5.80. The molecule has 0 rings (SSSR count). The van der Waals surface area contributed by atoms with Gasteiger partial charge in [0.15, 0.2) is 0 Å². The van der Waals surface area contributed by atoms with Crippen LogP contribution in [0, 0.1) is 0 Å². The zero-order valence-electron chi connectivity index (χ0n) is 21.6. The molecule has 2 amide bonds. The Balaban J connectivity index is 4.26. The van der Waals surface area contributed by atoms with E-state index in [4.69, 9.17) is 4.74 Å². The van der Waals surface area contributed by atoms with Crippen molar-refractivity contribution in [3.63, 3.8) is 0 Å². The van der Waals surface area contributed by atoms with Crippen molar-refractivity contribution < 1.29 is 14.3 Å². The zero-order chi connectivity index (χ0) is 23.5. The molecular formula is C26H52N2O3. The molecule has 0 radical (unpaired) electrons. The van der Waals surface area contributed by atoms with Crippen molar-refractivity contribution in [1.29, 1.82) is 0 Å². The molecule has 0 aromatic rings. The molecule has 0 saturated heterocycles. The molecule has 0 aromatic carbocycles. The van der Waals surface area contributed by atoms with Crippen LogP contribution in [0.4, 0.5) is 0 Å². The van der Waals surface area contributed by atoms with Gasteiger partial charge in [0, 0.05) is 25.2 Å². The first kappa shape index (κ1) is 29.9. The summed E-state index contributed by atoms with van der Waals surface area (Å²) in [6.45, 7) is 14.1. The minimum Gasteiger partial charge on any atom is -0.362 e. The Morgan fingerprint density at radius 1 is 0.581 bits per heavy atom. The number of unbranched alkanes of at least 4 members (excludes halogenated alkanes) is 10. The maximum Gasteiger partial charge on any atom is 0.248 e. The molecule has 184 valence electrons. The average Bonchev–Trinajstić information content (AvgIpc) is 2.71. The number of amides is 2. The van der Waals surface area contributed by atoms with Crippen LogP contribution in [-0.2, 0) is 14.3 Å². The Labute approximate surface area is 193 Å². The summed E-state index contributed by atoms with van der Waals surface area (Å²) in [5.74, 6) is -0.0215. The van der Waals surface area contributed by atoms with Gasteiger partial charge < -0.3 is 14.5 Å². The Kier molecular flexibility index (Phi) is 18.9. The van der Waals surface area contributed by atoms with E-state index in [-0.39, 0.29) is 37.1 Å². The highest BCUT2D eigenvalue weighted by Crippen LogP contribution is 2.10. The minimum absolute atomic E-state index is 0.0108. The van der Waals surface area contributed by atoms with Gasteiger partial charge >= 0.3 is 0 Å². The number of rotatable bonds is 20. The Hall–Kier alpha value is -1.10. The van der Waals surface area contributed by atoms with Gasteiger partial charge in [0.05, 0.1) is 0 Å². The third-order valence-electron chi connectivity index (χ3n) is 5.84. The molecule has 31 heavy (non-hydrogen) atoms. The predicted octanol–water partition coefficient (Wildman–Crippen LogP) is 6.20. The van der Waals surface area contributed by atoms with Crippen molar-refractivity contribution in [3.8, 4) is 0 Å². The van der Waals surface area contributed by atoms with Crippen LogP contribution >= 0.6 is 0 Å². The highest BCUT2D eigenvalue weighted by atomic mass is 16.5. The molecule has 0 N–H and O–H groups in total. The van der Waals surface area contributed by atoms with Crippen LogP contribution in [0.3, 0.4) is 0 Å². The maximum atomic E-state index is 12.6. The molecule has 0 atom stereocenters. The number of ether oxygens (including phenoxy) is 1. The van der Waals surface area contributed by atoms with Gasteiger partial charge in [-0.25, -0.2) is 0 Å². The quantitative estimate of drug-likeness (QED) is 0.212. The van der Waals surface area contributed by atoms with E-state index in [0.29, 0.717) is 0 Å². The van der Waals surface area contributed by atoms with E-state index in [2.05, 4.69) is 13.8 Å². The lowest BCUT2D eigenvalue weighted by molar-refractivity contribution is -0.143. The van der Waals surface area contributed by atoms with E-state index in [1.54, 1.807) is 0 Å². The summed E-state index contributed by atoms with van der Waals surface area (Å²) >= 11 is 0. The minimum atomic E-state index is -0.0112. The second-order valence-corrected chi connectivity index (χ2v) is 9.39. The Bertz CT molecular complexity index is 412. The summed E-state index contributed by atoms with van der Waals surface area (Å²) in [6, 6.07) is 0.310. The average molecular weight is 441 g/mol. The van der Waals surface area contributed by atoms with Crippen LogP contribution in [0.2, 0.25) is 0 Å². The van der Waals surface area contributed by atoms with Crippen molar-refractivity contribution in [3.05, 3.63) is 0 Å². The fraction of sp³-hybridized carbons (Fsp3) is 0.923. The fourth-order valence-electron chi connectivity index (χ4n) is 3.86. The maximum absolute atomic E-state index is 12.6. The van der Waals surface area contributed by atoms with E-state index in [9.17, 15) is 9.59 Å². The summed E-state index contributed by atoms with van der Waals surface area (Å²) in [4.78, 5) is 29.0. The molecule has 5 heteroatoms. The lowest BCUT2D eigenvalue weighted by atomic mass is 10.1. The molecule has 0 spiro atoms. The van der Waals surface area contributed by atoms with Crippen LogP contribution in [0.15, 0.2) is 0 Å². The molecule has 0 unspecified atom stereocenters. The summed E-state index contributed by atoms with van der Waals surface area (Å²) in [6.07, 6.45) is 14.5. The lowest BCUT2D eigenvalue weighted by Gasteiger charge is -2.28. The second kappa shape index (κ2) is 19.6. The molecule has 0 heterocycles. The molecule has 0 aliphatic heterocycles. The van der Waals surface area contributed by atoms with Crippen LogP contribution in [0.5, 0.6) is 0 Å².